The molecule has 1 saturated carbocycles. The summed E-state index contributed by atoms with van der Waals surface area (Å²) in [5.41, 5.74) is 0. The number of hydrogen-bond donors (Lipinski definition) is 0. The maximum absolute atomic E-state index is 5.79. The zero-order chi connectivity index (χ0) is 15.6. The highest BCUT2D eigenvalue weighted by molar-refractivity contribution is 7.99. The first-order valence-corrected chi connectivity index (χ1v) is 9.39. The molecule has 1 aliphatic rings. The van der Waals surface area contributed by atoms with Crippen molar-refractivity contribution in [2.24, 2.45) is 0 Å². The fourth-order valence-corrected chi connectivity index (χ4v) is 4.28. The SMILES string of the molecule is CC(Sc1nnnn1C1CCCC1)c1nnc(-c2cccs2)o1. The van der Waals surface area contributed by atoms with E-state index in [9.17, 15) is 0 Å². The van der Waals surface area contributed by atoms with Crippen LogP contribution in [0.3, 0.4) is 0 Å². The monoisotopic (exact) mass is 348 g/mol. The van der Waals surface area contributed by atoms with Gasteiger partial charge >= 0.3 is 0 Å². The van der Waals surface area contributed by atoms with E-state index >= 15 is 0 Å². The highest BCUT2D eigenvalue weighted by Gasteiger charge is 2.25. The molecule has 9 heteroatoms. The maximum atomic E-state index is 5.79. The van der Waals surface area contributed by atoms with Crippen molar-refractivity contribution in [1.82, 2.24) is 30.4 Å². The Morgan fingerprint density at radius 1 is 1.30 bits per heavy atom. The number of nitrogens with zero attached hydrogens (tertiary/aromatic N) is 6. The molecule has 1 aliphatic carbocycles. The Hall–Kier alpha value is -1.74. The summed E-state index contributed by atoms with van der Waals surface area (Å²) in [6, 6.07) is 4.36. The third-order valence-electron chi connectivity index (χ3n) is 3.94. The van der Waals surface area contributed by atoms with Crippen LogP contribution in [0, 0.1) is 0 Å². The second kappa shape index (κ2) is 6.40. The van der Waals surface area contributed by atoms with Crippen molar-refractivity contribution in [3.8, 4) is 10.8 Å². The first kappa shape index (κ1) is 14.8. The van der Waals surface area contributed by atoms with Gasteiger partial charge in [0.2, 0.25) is 11.0 Å². The Balaban J connectivity index is 1.50. The Labute approximate surface area is 141 Å². The summed E-state index contributed by atoms with van der Waals surface area (Å²) < 4.78 is 7.74. The molecule has 0 spiro atoms. The van der Waals surface area contributed by atoms with Crippen LogP contribution in [-0.2, 0) is 0 Å². The average Bonchev–Trinajstić information content (AvgIpc) is 3.31. The lowest BCUT2D eigenvalue weighted by Crippen LogP contribution is -2.08. The molecule has 120 valence electrons. The van der Waals surface area contributed by atoms with Gasteiger partial charge in [0.25, 0.3) is 5.89 Å². The van der Waals surface area contributed by atoms with Gasteiger partial charge in [-0.25, -0.2) is 4.68 Å². The van der Waals surface area contributed by atoms with Crippen LogP contribution in [0.5, 0.6) is 0 Å². The molecule has 0 aliphatic heterocycles. The molecule has 0 aromatic carbocycles. The summed E-state index contributed by atoms with van der Waals surface area (Å²) in [6.45, 7) is 2.03. The number of rotatable bonds is 5. The van der Waals surface area contributed by atoms with Gasteiger partial charge in [-0.2, -0.15) is 0 Å². The minimum atomic E-state index is 0.00219. The van der Waals surface area contributed by atoms with E-state index < -0.39 is 0 Å². The van der Waals surface area contributed by atoms with Gasteiger partial charge in [0, 0.05) is 0 Å². The molecule has 1 atom stereocenters. The van der Waals surface area contributed by atoms with Crippen molar-refractivity contribution in [3.63, 3.8) is 0 Å². The minimum absolute atomic E-state index is 0.00219. The maximum Gasteiger partial charge on any atom is 0.257 e. The van der Waals surface area contributed by atoms with Crippen molar-refractivity contribution in [1.29, 1.82) is 0 Å². The van der Waals surface area contributed by atoms with E-state index in [2.05, 4.69) is 25.7 Å². The van der Waals surface area contributed by atoms with Crippen LogP contribution < -0.4 is 0 Å². The van der Waals surface area contributed by atoms with E-state index in [-0.39, 0.29) is 5.25 Å². The van der Waals surface area contributed by atoms with Crippen LogP contribution in [0.4, 0.5) is 0 Å². The van der Waals surface area contributed by atoms with Crippen molar-refractivity contribution in [3.05, 3.63) is 23.4 Å². The Morgan fingerprint density at radius 2 is 2.17 bits per heavy atom. The molecule has 0 N–H and O–H groups in total. The lowest BCUT2D eigenvalue weighted by molar-refractivity contribution is 0.422. The van der Waals surface area contributed by atoms with Crippen LogP contribution in [0.15, 0.2) is 27.1 Å². The summed E-state index contributed by atoms with van der Waals surface area (Å²) in [4.78, 5) is 0.983. The predicted molar refractivity (Wildman–Crippen MR) is 87.2 cm³/mol. The van der Waals surface area contributed by atoms with Crippen molar-refractivity contribution < 1.29 is 4.42 Å². The number of hydrogen-bond acceptors (Lipinski definition) is 8. The van der Waals surface area contributed by atoms with Gasteiger partial charge in [-0.1, -0.05) is 30.7 Å². The largest absolute Gasteiger partial charge is 0.419 e. The van der Waals surface area contributed by atoms with Crippen molar-refractivity contribution in [2.75, 3.05) is 0 Å². The summed E-state index contributed by atoms with van der Waals surface area (Å²) in [7, 11) is 0. The van der Waals surface area contributed by atoms with E-state index in [1.165, 1.54) is 12.8 Å². The molecular weight excluding hydrogens is 332 g/mol. The van der Waals surface area contributed by atoms with Gasteiger partial charge in [-0.3, -0.25) is 0 Å². The fourth-order valence-electron chi connectivity index (χ4n) is 2.75. The van der Waals surface area contributed by atoms with Gasteiger partial charge < -0.3 is 4.42 Å². The van der Waals surface area contributed by atoms with E-state index in [0.717, 1.165) is 22.9 Å². The second-order valence-corrected chi connectivity index (χ2v) is 7.78. The zero-order valence-corrected chi connectivity index (χ0v) is 14.3. The van der Waals surface area contributed by atoms with Gasteiger partial charge in [0.1, 0.15) is 0 Å². The lowest BCUT2D eigenvalue weighted by atomic mass is 10.3. The zero-order valence-electron chi connectivity index (χ0n) is 12.6. The molecule has 4 rings (SSSR count). The topological polar surface area (TPSA) is 82.5 Å². The molecule has 0 amide bonds. The van der Waals surface area contributed by atoms with Gasteiger partial charge in [-0.05, 0) is 41.6 Å². The van der Waals surface area contributed by atoms with Crippen LogP contribution in [0.1, 0.15) is 49.8 Å². The molecule has 3 heterocycles. The summed E-state index contributed by atoms with van der Waals surface area (Å²) >= 11 is 3.15. The van der Waals surface area contributed by atoms with Crippen molar-refractivity contribution in [2.45, 2.75) is 49.1 Å². The highest BCUT2D eigenvalue weighted by Crippen LogP contribution is 2.37. The van der Waals surface area contributed by atoms with Gasteiger partial charge in [-0.15, -0.1) is 26.6 Å². The summed E-state index contributed by atoms with van der Waals surface area (Å²) in [6.07, 6.45) is 4.79. The molecule has 3 aromatic rings. The third kappa shape index (κ3) is 3.02. The summed E-state index contributed by atoms with van der Waals surface area (Å²) in [5, 5.41) is 23.3. The van der Waals surface area contributed by atoms with Crippen molar-refractivity contribution >= 4 is 23.1 Å². The highest BCUT2D eigenvalue weighted by atomic mass is 32.2. The van der Waals surface area contributed by atoms with Crippen LogP contribution in [0.2, 0.25) is 0 Å². The van der Waals surface area contributed by atoms with E-state index in [1.807, 2.05) is 29.1 Å². The molecular formula is C14H16N6OS2. The predicted octanol–water partition coefficient (Wildman–Crippen LogP) is 3.75. The molecule has 0 bridgehead atoms. The first-order valence-electron chi connectivity index (χ1n) is 7.63. The quantitative estimate of drug-likeness (QED) is 0.649. The first-order chi connectivity index (χ1) is 11.3. The molecule has 1 unspecified atom stereocenters. The molecule has 0 radical (unpaired) electrons. The molecule has 7 nitrogen and oxygen atoms in total. The van der Waals surface area contributed by atoms with Gasteiger partial charge in [0.15, 0.2) is 0 Å². The second-order valence-electron chi connectivity index (χ2n) is 5.53. The van der Waals surface area contributed by atoms with Gasteiger partial charge in [0.05, 0.1) is 16.2 Å². The van der Waals surface area contributed by atoms with Crippen LogP contribution in [-0.4, -0.2) is 30.4 Å². The Kier molecular flexibility index (Phi) is 4.13. The Bertz CT molecular complexity index is 762. The standard InChI is InChI=1S/C14H16N6OS2/c1-9(12-15-16-13(21-12)11-7-4-8-22-11)23-14-17-18-19-20(14)10-5-2-3-6-10/h4,7-10H,2-3,5-6H2,1H3. The Morgan fingerprint density at radius 3 is 2.96 bits per heavy atom. The number of aromatic nitrogens is 6. The average molecular weight is 348 g/mol. The van der Waals surface area contributed by atoms with Crippen LogP contribution >= 0.6 is 23.1 Å². The molecule has 3 aromatic heterocycles. The smallest absolute Gasteiger partial charge is 0.257 e. The number of thioether (sulfide) groups is 1. The normalized spacial score (nSPS) is 16.9. The molecule has 0 saturated heterocycles. The minimum Gasteiger partial charge on any atom is -0.419 e. The summed E-state index contributed by atoms with van der Waals surface area (Å²) in [5.74, 6) is 1.16. The number of tetrazole rings is 1. The molecule has 1 fully saturated rings. The van der Waals surface area contributed by atoms with E-state index in [0.29, 0.717) is 17.8 Å². The lowest BCUT2D eigenvalue weighted by Gasteiger charge is -2.12. The third-order valence-corrected chi connectivity index (χ3v) is 5.83. The fraction of sp³-hybridized carbons (Fsp3) is 0.500. The molecule has 23 heavy (non-hydrogen) atoms. The van der Waals surface area contributed by atoms with Crippen LogP contribution in [0.25, 0.3) is 10.8 Å². The van der Waals surface area contributed by atoms with E-state index in [1.54, 1.807) is 23.1 Å². The number of thiophene rings is 1. The van der Waals surface area contributed by atoms with E-state index in [4.69, 9.17) is 4.42 Å².